The van der Waals surface area contributed by atoms with Gasteiger partial charge in [-0.05, 0) is 37.1 Å². The third-order valence-corrected chi connectivity index (χ3v) is 5.35. The minimum absolute atomic E-state index is 0.0228. The van der Waals surface area contributed by atoms with Crippen molar-refractivity contribution in [1.29, 1.82) is 0 Å². The molecule has 0 spiro atoms. The molecular weight excluding hydrogens is 350 g/mol. The van der Waals surface area contributed by atoms with Gasteiger partial charge in [0, 0.05) is 36.0 Å². The summed E-state index contributed by atoms with van der Waals surface area (Å²) in [6, 6.07) is 10.3. The van der Waals surface area contributed by atoms with Gasteiger partial charge in [0.1, 0.15) is 11.6 Å². The Kier molecular flexibility index (Phi) is 4.74. The first-order valence-corrected chi connectivity index (χ1v) is 9.01. The number of hydrogen-bond acceptors (Lipinski definition) is 3. The van der Waals surface area contributed by atoms with E-state index in [-0.39, 0.29) is 41.1 Å². The Bertz CT molecular complexity index is 900. The first-order valence-electron chi connectivity index (χ1n) is 9.01. The number of carbonyl (C=O) groups is 1. The van der Waals surface area contributed by atoms with Crippen LogP contribution in [0.1, 0.15) is 12.8 Å². The first kappa shape index (κ1) is 17.8. The van der Waals surface area contributed by atoms with Crippen LogP contribution in [0.5, 0.6) is 0 Å². The zero-order valence-electron chi connectivity index (χ0n) is 14.9. The quantitative estimate of drug-likeness (QED) is 0.825. The third kappa shape index (κ3) is 3.25. The molecule has 140 valence electrons. The number of ether oxygens (including phenoxy) is 1. The Hall–Kier alpha value is -2.60. The second kappa shape index (κ2) is 7.19. The number of fused-ring (bicyclic) bond motifs is 2. The van der Waals surface area contributed by atoms with E-state index < -0.39 is 11.6 Å². The number of benzene rings is 2. The van der Waals surface area contributed by atoms with Gasteiger partial charge in [0.2, 0.25) is 5.91 Å². The summed E-state index contributed by atoms with van der Waals surface area (Å²) in [5.41, 5.74) is 0.687. The molecule has 4 atom stereocenters. The van der Waals surface area contributed by atoms with Crippen LogP contribution in [0.3, 0.4) is 0 Å². The fraction of sp³-hybridized carbons (Fsp3) is 0.333. The predicted molar refractivity (Wildman–Crippen MR) is 99.7 cm³/mol. The van der Waals surface area contributed by atoms with Crippen LogP contribution in [0.25, 0.3) is 11.1 Å². The van der Waals surface area contributed by atoms with E-state index >= 15 is 0 Å². The maximum absolute atomic E-state index is 14.5. The highest BCUT2D eigenvalue weighted by Gasteiger charge is 2.51. The SMILES string of the molecule is CN=C[C@H]1[C@@H](C(=O)Nc2ccc(-c3ccccc3F)c(F)c2)[C@@H]2CC[C@H]1O2. The molecule has 2 saturated heterocycles. The van der Waals surface area contributed by atoms with Crippen LogP contribution in [0.4, 0.5) is 14.5 Å². The molecule has 2 fully saturated rings. The molecule has 0 aliphatic carbocycles. The first-order chi connectivity index (χ1) is 13.1. The van der Waals surface area contributed by atoms with Gasteiger partial charge in [-0.3, -0.25) is 4.79 Å². The van der Waals surface area contributed by atoms with Crippen LogP contribution >= 0.6 is 0 Å². The predicted octanol–water partition coefficient (Wildman–Crippen LogP) is 4.06. The summed E-state index contributed by atoms with van der Waals surface area (Å²) < 4.78 is 34.3. The van der Waals surface area contributed by atoms with Crippen molar-refractivity contribution in [2.24, 2.45) is 16.8 Å². The third-order valence-electron chi connectivity index (χ3n) is 5.35. The molecular formula is C21H20F2N2O2. The van der Waals surface area contributed by atoms with Crippen LogP contribution < -0.4 is 5.32 Å². The lowest BCUT2D eigenvalue weighted by Gasteiger charge is -2.24. The molecule has 2 bridgehead atoms. The van der Waals surface area contributed by atoms with Gasteiger partial charge in [-0.25, -0.2) is 8.78 Å². The summed E-state index contributed by atoms with van der Waals surface area (Å²) >= 11 is 0. The van der Waals surface area contributed by atoms with Crippen molar-refractivity contribution < 1.29 is 18.3 Å². The van der Waals surface area contributed by atoms with Crippen LogP contribution in [0.2, 0.25) is 0 Å². The molecule has 2 aromatic carbocycles. The molecule has 0 aromatic heterocycles. The maximum atomic E-state index is 14.5. The molecule has 0 saturated carbocycles. The van der Waals surface area contributed by atoms with Gasteiger partial charge < -0.3 is 15.0 Å². The van der Waals surface area contributed by atoms with Crippen molar-refractivity contribution in [1.82, 2.24) is 0 Å². The van der Waals surface area contributed by atoms with Gasteiger partial charge >= 0.3 is 0 Å². The highest BCUT2D eigenvalue weighted by Crippen LogP contribution is 2.43. The van der Waals surface area contributed by atoms with E-state index in [0.29, 0.717) is 5.69 Å². The lowest BCUT2D eigenvalue weighted by molar-refractivity contribution is -0.121. The number of hydrogen-bond donors (Lipinski definition) is 1. The summed E-state index contributed by atoms with van der Waals surface area (Å²) in [6.07, 6.45) is 3.44. The highest BCUT2D eigenvalue weighted by molar-refractivity contribution is 5.95. The topological polar surface area (TPSA) is 50.7 Å². The van der Waals surface area contributed by atoms with Gasteiger partial charge in [0.15, 0.2) is 0 Å². The van der Waals surface area contributed by atoms with Crippen LogP contribution in [0, 0.1) is 23.5 Å². The highest BCUT2D eigenvalue weighted by atomic mass is 19.1. The standard InChI is InChI=1S/C21H20F2N2O2/c1-24-11-15-18-8-9-19(27-18)20(15)21(26)25-12-6-7-14(17(23)10-12)13-4-2-3-5-16(13)22/h2-7,10-11,15,18-20H,8-9H2,1H3,(H,25,26)/t15-,18-,19+,20-/m1/s1. The van der Waals surface area contributed by atoms with Crippen molar-refractivity contribution in [3.8, 4) is 11.1 Å². The molecule has 4 nitrogen and oxygen atoms in total. The van der Waals surface area contributed by atoms with Gasteiger partial charge in [-0.15, -0.1) is 0 Å². The van der Waals surface area contributed by atoms with E-state index in [0.717, 1.165) is 12.8 Å². The number of aliphatic imine (C=N–C) groups is 1. The molecule has 0 radical (unpaired) electrons. The van der Waals surface area contributed by atoms with Crippen molar-refractivity contribution in [3.63, 3.8) is 0 Å². The lowest BCUT2D eigenvalue weighted by Crippen LogP contribution is -2.37. The Labute approximate surface area is 156 Å². The lowest BCUT2D eigenvalue weighted by atomic mass is 9.79. The van der Waals surface area contributed by atoms with Gasteiger partial charge in [-0.1, -0.05) is 18.2 Å². The van der Waals surface area contributed by atoms with Gasteiger partial charge in [0.05, 0.1) is 18.1 Å². The fourth-order valence-corrected chi connectivity index (χ4v) is 4.14. The Balaban J connectivity index is 1.54. The Morgan fingerprint density at radius 1 is 1.11 bits per heavy atom. The summed E-state index contributed by atoms with van der Waals surface area (Å²) in [7, 11) is 1.68. The normalized spacial score (nSPS) is 26.6. The largest absolute Gasteiger partial charge is 0.373 e. The molecule has 1 amide bonds. The number of carbonyl (C=O) groups excluding carboxylic acids is 1. The zero-order valence-corrected chi connectivity index (χ0v) is 14.9. The molecule has 2 aromatic rings. The number of anilines is 1. The molecule has 0 unspecified atom stereocenters. The molecule has 2 heterocycles. The van der Waals surface area contributed by atoms with E-state index in [9.17, 15) is 13.6 Å². The number of rotatable bonds is 4. The van der Waals surface area contributed by atoms with E-state index in [1.54, 1.807) is 31.5 Å². The van der Waals surface area contributed by atoms with E-state index in [4.69, 9.17) is 4.74 Å². The summed E-state index contributed by atoms with van der Waals surface area (Å²) in [5.74, 6) is -1.68. The van der Waals surface area contributed by atoms with Crippen LogP contribution in [0.15, 0.2) is 47.5 Å². The monoisotopic (exact) mass is 370 g/mol. The molecule has 27 heavy (non-hydrogen) atoms. The average molecular weight is 370 g/mol. The zero-order chi connectivity index (χ0) is 19.0. The van der Waals surface area contributed by atoms with Crippen molar-refractivity contribution in [3.05, 3.63) is 54.1 Å². The maximum Gasteiger partial charge on any atom is 0.230 e. The van der Waals surface area contributed by atoms with Crippen LogP contribution in [-0.4, -0.2) is 31.4 Å². The Morgan fingerprint density at radius 3 is 2.59 bits per heavy atom. The summed E-state index contributed by atoms with van der Waals surface area (Å²) in [4.78, 5) is 16.8. The molecule has 6 heteroatoms. The van der Waals surface area contributed by atoms with Crippen molar-refractivity contribution in [2.45, 2.75) is 25.0 Å². The fourth-order valence-electron chi connectivity index (χ4n) is 4.14. The van der Waals surface area contributed by atoms with Gasteiger partial charge in [0.25, 0.3) is 0 Å². The smallest absolute Gasteiger partial charge is 0.230 e. The van der Waals surface area contributed by atoms with Crippen molar-refractivity contribution >= 4 is 17.8 Å². The molecule has 2 aliphatic heterocycles. The number of nitrogens with one attached hydrogen (secondary N) is 1. The van der Waals surface area contributed by atoms with Gasteiger partial charge in [-0.2, -0.15) is 0 Å². The number of halogens is 2. The Morgan fingerprint density at radius 2 is 1.85 bits per heavy atom. The molecule has 1 N–H and O–H groups in total. The second-order valence-electron chi connectivity index (χ2n) is 6.96. The summed E-state index contributed by atoms with van der Waals surface area (Å²) in [5, 5.41) is 2.78. The summed E-state index contributed by atoms with van der Waals surface area (Å²) in [6.45, 7) is 0. The van der Waals surface area contributed by atoms with Crippen LogP contribution in [-0.2, 0) is 9.53 Å². The number of nitrogens with zero attached hydrogens (tertiary/aromatic N) is 1. The average Bonchev–Trinajstić information content (AvgIpc) is 3.25. The second-order valence-corrected chi connectivity index (χ2v) is 6.96. The minimum atomic E-state index is -0.589. The van der Waals surface area contributed by atoms with E-state index in [2.05, 4.69) is 10.3 Å². The minimum Gasteiger partial charge on any atom is -0.373 e. The van der Waals surface area contributed by atoms with Crippen molar-refractivity contribution in [2.75, 3.05) is 12.4 Å². The van der Waals surface area contributed by atoms with E-state index in [1.807, 2.05) is 0 Å². The molecule has 4 rings (SSSR count). The van der Waals surface area contributed by atoms with E-state index in [1.165, 1.54) is 24.3 Å². The molecule has 2 aliphatic rings. The number of amides is 1.